The number of rotatable bonds is 8. The number of hydrogen-bond acceptors (Lipinski definition) is 1. The quantitative estimate of drug-likeness (QED) is 0.472. The van der Waals surface area contributed by atoms with Crippen LogP contribution in [0.4, 0.5) is 0 Å². The van der Waals surface area contributed by atoms with Crippen molar-refractivity contribution in [3.8, 4) is 0 Å². The summed E-state index contributed by atoms with van der Waals surface area (Å²) in [6.45, 7) is 7.68. The Labute approximate surface area is 125 Å². The molecule has 0 aromatic rings. The molecule has 2 rings (SSSR count). The van der Waals surface area contributed by atoms with Gasteiger partial charge in [-0.25, -0.2) is 0 Å². The fraction of sp³-hybridized carbons (Fsp3) is 0.789. The van der Waals surface area contributed by atoms with Crippen LogP contribution in [0.3, 0.4) is 0 Å². The number of fused-ring (bicyclic) bond motifs is 1. The van der Waals surface area contributed by atoms with Gasteiger partial charge in [-0.3, -0.25) is 0 Å². The minimum atomic E-state index is 0.781. The van der Waals surface area contributed by atoms with Gasteiger partial charge in [0, 0.05) is 12.1 Å². The van der Waals surface area contributed by atoms with Gasteiger partial charge in [-0.2, -0.15) is 0 Å². The predicted molar refractivity (Wildman–Crippen MR) is 88.9 cm³/mol. The summed E-state index contributed by atoms with van der Waals surface area (Å²) >= 11 is 0. The van der Waals surface area contributed by atoms with E-state index in [9.17, 15) is 0 Å². The summed E-state index contributed by atoms with van der Waals surface area (Å²) in [4.78, 5) is 0. The molecule has 2 aliphatic rings. The maximum Gasteiger partial charge on any atom is 0.0101 e. The molecule has 0 aromatic heterocycles. The van der Waals surface area contributed by atoms with Crippen molar-refractivity contribution in [2.75, 3.05) is 0 Å². The second-order valence-corrected chi connectivity index (χ2v) is 6.84. The lowest BCUT2D eigenvalue weighted by Gasteiger charge is -2.45. The minimum absolute atomic E-state index is 0.781. The third-order valence-corrected chi connectivity index (χ3v) is 5.45. The van der Waals surface area contributed by atoms with Crippen LogP contribution in [0.15, 0.2) is 25.3 Å². The third-order valence-electron chi connectivity index (χ3n) is 5.45. The van der Waals surface area contributed by atoms with Crippen molar-refractivity contribution < 1.29 is 0 Å². The smallest absolute Gasteiger partial charge is 0.0101 e. The van der Waals surface area contributed by atoms with E-state index >= 15 is 0 Å². The van der Waals surface area contributed by atoms with Crippen LogP contribution in [0.1, 0.15) is 70.6 Å². The van der Waals surface area contributed by atoms with Gasteiger partial charge >= 0.3 is 0 Å². The lowest BCUT2D eigenvalue weighted by molar-refractivity contribution is 0.105. The van der Waals surface area contributed by atoms with Gasteiger partial charge in [0.2, 0.25) is 0 Å². The molecule has 4 atom stereocenters. The van der Waals surface area contributed by atoms with Crippen molar-refractivity contribution in [1.29, 1.82) is 0 Å². The van der Waals surface area contributed by atoms with Crippen molar-refractivity contribution in [1.82, 2.24) is 5.32 Å². The molecular weight excluding hydrogens is 242 g/mol. The second-order valence-electron chi connectivity index (χ2n) is 6.84. The van der Waals surface area contributed by atoms with E-state index in [2.05, 4.69) is 30.6 Å². The largest absolute Gasteiger partial charge is 0.311 e. The highest BCUT2D eigenvalue weighted by atomic mass is 15.0. The third kappa shape index (κ3) is 4.48. The number of piperidine rings is 1. The van der Waals surface area contributed by atoms with Crippen LogP contribution in [0.2, 0.25) is 0 Å². The van der Waals surface area contributed by atoms with E-state index in [0.29, 0.717) is 0 Å². The van der Waals surface area contributed by atoms with E-state index in [1.807, 2.05) is 0 Å². The van der Waals surface area contributed by atoms with Crippen molar-refractivity contribution in [2.45, 2.75) is 82.7 Å². The summed E-state index contributed by atoms with van der Waals surface area (Å²) < 4.78 is 0. The SMILES string of the molecule is C=CCCC[C@H]1CC[C@H]2[C@H](CCCC=C)CCC[C@H]2N1. The van der Waals surface area contributed by atoms with E-state index < -0.39 is 0 Å². The van der Waals surface area contributed by atoms with Gasteiger partial charge in [0.25, 0.3) is 0 Å². The standard InChI is InChI=1S/C19H33N/c1-3-5-7-10-16-11-9-13-19-18(16)15-14-17(20-19)12-8-6-4-2/h3-4,16-20H,1-2,5-15H2/t16-,17+,18+,19-/m1/s1. The summed E-state index contributed by atoms with van der Waals surface area (Å²) in [5.74, 6) is 1.94. The van der Waals surface area contributed by atoms with Crippen LogP contribution in [-0.2, 0) is 0 Å². The molecule has 0 unspecified atom stereocenters. The number of hydrogen-bond donors (Lipinski definition) is 1. The zero-order valence-corrected chi connectivity index (χ0v) is 13.2. The molecule has 1 nitrogen and oxygen atoms in total. The zero-order chi connectivity index (χ0) is 14.2. The Morgan fingerprint density at radius 1 is 0.900 bits per heavy atom. The molecular formula is C19H33N. The predicted octanol–water partition coefficient (Wildman–Crippen LogP) is 5.24. The highest BCUT2D eigenvalue weighted by Crippen LogP contribution is 2.39. The van der Waals surface area contributed by atoms with Gasteiger partial charge < -0.3 is 5.32 Å². The van der Waals surface area contributed by atoms with Crippen LogP contribution in [0, 0.1) is 11.8 Å². The van der Waals surface area contributed by atoms with Crippen LogP contribution in [0.25, 0.3) is 0 Å². The summed E-state index contributed by atoms with van der Waals surface area (Å²) in [6, 6.07) is 1.60. The molecule has 1 N–H and O–H groups in total. The van der Waals surface area contributed by atoms with Crippen molar-refractivity contribution in [3.05, 3.63) is 25.3 Å². The molecule has 0 spiro atoms. The fourth-order valence-corrected chi connectivity index (χ4v) is 4.40. The first-order chi connectivity index (χ1) is 9.85. The molecule has 2 fully saturated rings. The Morgan fingerprint density at radius 3 is 2.40 bits per heavy atom. The lowest BCUT2D eigenvalue weighted by Crippen LogP contribution is -2.51. The topological polar surface area (TPSA) is 12.0 Å². The number of nitrogens with one attached hydrogen (secondary N) is 1. The van der Waals surface area contributed by atoms with Gasteiger partial charge in [0.15, 0.2) is 0 Å². The molecule has 1 saturated carbocycles. The fourth-order valence-electron chi connectivity index (χ4n) is 4.40. The van der Waals surface area contributed by atoms with E-state index in [-0.39, 0.29) is 0 Å². The average molecular weight is 275 g/mol. The molecule has 20 heavy (non-hydrogen) atoms. The molecule has 1 saturated heterocycles. The summed E-state index contributed by atoms with van der Waals surface area (Å²) in [6.07, 6.45) is 19.1. The molecule has 0 aromatic carbocycles. The second kappa shape index (κ2) is 8.67. The van der Waals surface area contributed by atoms with E-state index in [4.69, 9.17) is 0 Å². The molecule has 0 amide bonds. The highest BCUT2D eigenvalue weighted by molar-refractivity contribution is 4.93. The van der Waals surface area contributed by atoms with Gasteiger partial charge in [0.1, 0.15) is 0 Å². The Hall–Kier alpha value is -0.560. The van der Waals surface area contributed by atoms with Gasteiger partial charge in [0.05, 0.1) is 0 Å². The molecule has 1 aliphatic heterocycles. The Balaban J connectivity index is 1.77. The molecule has 1 heterocycles. The summed E-state index contributed by atoms with van der Waals surface area (Å²) in [7, 11) is 0. The molecule has 0 bridgehead atoms. The first-order valence-electron chi connectivity index (χ1n) is 8.83. The Morgan fingerprint density at radius 2 is 1.65 bits per heavy atom. The maximum absolute atomic E-state index is 3.98. The van der Waals surface area contributed by atoms with E-state index in [1.54, 1.807) is 0 Å². The summed E-state index contributed by atoms with van der Waals surface area (Å²) in [5.41, 5.74) is 0. The molecule has 1 aliphatic carbocycles. The number of allylic oxidation sites excluding steroid dienone is 2. The lowest BCUT2D eigenvalue weighted by atomic mass is 9.69. The van der Waals surface area contributed by atoms with Crippen LogP contribution >= 0.6 is 0 Å². The zero-order valence-electron chi connectivity index (χ0n) is 13.2. The maximum atomic E-state index is 3.98. The van der Waals surface area contributed by atoms with Gasteiger partial charge in [-0.1, -0.05) is 25.0 Å². The normalized spacial score (nSPS) is 33.4. The van der Waals surface area contributed by atoms with Crippen molar-refractivity contribution in [2.24, 2.45) is 11.8 Å². The Bertz CT molecular complexity index is 296. The van der Waals surface area contributed by atoms with Gasteiger partial charge in [-0.15, -0.1) is 13.2 Å². The monoisotopic (exact) mass is 275 g/mol. The first-order valence-corrected chi connectivity index (χ1v) is 8.83. The first kappa shape index (κ1) is 15.8. The highest BCUT2D eigenvalue weighted by Gasteiger charge is 2.36. The molecule has 114 valence electrons. The molecule has 1 heteroatoms. The van der Waals surface area contributed by atoms with Crippen molar-refractivity contribution in [3.63, 3.8) is 0 Å². The van der Waals surface area contributed by atoms with Crippen LogP contribution in [-0.4, -0.2) is 12.1 Å². The van der Waals surface area contributed by atoms with E-state index in [1.165, 1.54) is 70.6 Å². The van der Waals surface area contributed by atoms with Crippen molar-refractivity contribution >= 4 is 0 Å². The Kier molecular flexibility index (Phi) is 6.86. The molecule has 0 radical (unpaired) electrons. The summed E-state index contributed by atoms with van der Waals surface area (Å²) in [5, 5.41) is 3.98. The van der Waals surface area contributed by atoms with Crippen LogP contribution < -0.4 is 5.32 Å². The van der Waals surface area contributed by atoms with Gasteiger partial charge in [-0.05, 0) is 69.6 Å². The van der Waals surface area contributed by atoms with Crippen LogP contribution in [0.5, 0.6) is 0 Å². The van der Waals surface area contributed by atoms with E-state index in [0.717, 1.165) is 23.9 Å². The average Bonchev–Trinajstić information content (AvgIpc) is 2.48. The minimum Gasteiger partial charge on any atom is -0.311 e. The number of unbranched alkanes of at least 4 members (excludes halogenated alkanes) is 2.